The van der Waals surface area contributed by atoms with Gasteiger partial charge in [0.1, 0.15) is 0 Å². The third-order valence-electron chi connectivity index (χ3n) is 2.85. The van der Waals surface area contributed by atoms with Gasteiger partial charge in [0.2, 0.25) is 0 Å². The molecule has 1 aromatic rings. The molecule has 0 heterocycles. The van der Waals surface area contributed by atoms with Crippen molar-refractivity contribution in [3.05, 3.63) is 28.2 Å². The lowest BCUT2D eigenvalue weighted by Gasteiger charge is -2.20. The van der Waals surface area contributed by atoms with Crippen molar-refractivity contribution in [1.82, 2.24) is 5.32 Å². The lowest BCUT2D eigenvalue weighted by atomic mass is 10.2. The lowest BCUT2D eigenvalue weighted by molar-refractivity contribution is 0.674. The van der Waals surface area contributed by atoms with E-state index >= 15 is 0 Å². The third-order valence-corrected chi connectivity index (χ3v) is 4.18. The molecular formula is C14H23BrN2S. The Balaban J connectivity index is 2.60. The Bertz CT molecular complexity index is 358. The van der Waals surface area contributed by atoms with E-state index in [9.17, 15) is 0 Å². The van der Waals surface area contributed by atoms with Gasteiger partial charge in [-0.25, -0.2) is 0 Å². The molecule has 18 heavy (non-hydrogen) atoms. The van der Waals surface area contributed by atoms with E-state index in [1.807, 2.05) is 11.8 Å². The van der Waals surface area contributed by atoms with Crippen LogP contribution in [0.2, 0.25) is 0 Å². The Labute approximate surface area is 124 Å². The fraction of sp³-hybridized carbons (Fsp3) is 0.571. The second-order valence-corrected chi connectivity index (χ2v) is 6.21. The summed E-state index contributed by atoms with van der Waals surface area (Å²) in [6.45, 7) is 5.28. The monoisotopic (exact) mass is 330 g/mol. The van der Waals surface area contributed by atoms with E-state index in [2.05, 4.69) is 64.6 Å². The van der Waals surface area contributed by atoms with Crippen LogP contribution in [0.3, 0.4) is 0 Å². The second-order valence-electron chi connectivity index (χ2n) is 4.37. The Hall–Kier alpha value is -0.190. The fourth-order valence-corrected chi connectivity index (χ4v) is 2.64. The summed E-state index contributed by atoms with van der Waals surface area (Å²) in [7, 11) is 2.15. The molecule has 0 aliphatic heterocycles. The quantitative estimate of drug-likeness (QED) is 0.731. The average molecular weight is 331 g/mol. The average Bonchev–Trinajstić information content (AvgIpc) is 2.38. The normalized spacial score (nSPS) is 10.7. The molecule has 0 aromatic heterocycles. The zero-order valence-electron chi connectivity index (χ0n) is 11.5. The van der Waals surface area contributed by atoms with Crippen molar-refractivity contribution in [1.29, 1.82) is 0 Å². The van der Waals surface area contributed by atoms with Crippen molar-refractivity contribution in [3.63, 3.8) is 0 Å². The van der Waals surface area contributed by atoms with Crippen LogP contribution in [-0.2, 0) is 6.54 Å². The van der Waals surface area contributed by atoms with Crippen molar-refractivity contribution in [3.8, 4) is 0 Å². The number of nitrogens with one attached hydrogen (secondary N) is 1. The molecular weight excluding hydrogens is 308 g/mol. The highest BCUT2D eigenvalue weighted by Gasteiger charge is 2.04. The predicted octanol–water partition coefficient (Wildman–Crippen LogP) is 3.75. The molecule has 0 atom stereocenters. The standard InChI is InChI=1S/C14H23BrN2S/c1-4-7-16-11-12-5-6-13(10-14(12)15)17(2)8-9-18-3/h5-6,10,16H,4,7-9,11H2,1-3H3. The number of hydrogen-bond acceptors (Lipinski definition) is 3. The van der Waals surface area contributed by atoms with Gasteiger partial charge in [0, 0.05) is 36.1 Å². The van der Waals surface area contributed by atoms with Gasteiger partial charge in [0.05, 0.1) is 0 Å². The van der Waals surface area contributed by atoms with Gasteiger partial charge in [-0.15, -0.1) is 0 Å². The largest absolute Gasteiger partial charge is 0.374 e. The minimum Gasteiger partial charge on any atom is -0.374 e. The molecule has 0 radical (unpaired) electrons. The van der Waals surface area contributed by atoms with Crippen LogP contribution in [0.1, 0.15) is 18.9 Å². The number of thioether (sulfide) groups is 1. The summed E-state index contributed by atoms with van der Waals surface area (Å²) in [4.78, 5) is 2.30. The number of nitrogens with zero attached hydrogens (tertiary/aromatic N) is 1. The van der Waals surface area contributed by atoms with Crippen LogP contribution >= 0.6 is 27.7 Å². The van der Waals surface area contributed by atoms with Crippen molar-refractivity contribution < 1.29 is 0 Å². The number of anilines is 1. The van der Waals surface area contributed by atoms with Gasteiger partial charge in [0.25, 0.3) is 0 Å². The van der Waals surface area contributed by atoms with E-state index in [1.54, 1.807) is 0 Å². The maximum atomic E-state index is 3.66. The lowest BCUT2D eigenvalue weighted by Crippen LogP contribution is -2.20. The smallest absolute Gasteiger partial charge is 0.0375 e. The summed E-state index contributed by atoms with van der Waals surface area (Å²) in [5.41, 5.74) is 2.60. The maximum absolute atomic E-state index is 3.66. The van der Waals surface area contributed by atoms with E-state index in [-0.39, 0.29) is 0 Å². The first kappa shape index (κ1) is 15.9. The maximum Gasteiger partial charge on any atom is 0.0375 e. The number of rotatable bonds is 8. The second kappa shape index (κ2) is 8.83. The highest BCUT2D eigenvalue weighted by Crippen LogP contribution is 2.23. The van der Waals surface area contributed by atoms with Crippen LogP contribution in [-0.4, -0.2) is 32.1 Å². The third kappa shape index (κ3) is 5.21. The zero-order chi connectivity index (χ0) is 13.4. The van der Waals surface area contributed by atoms with Gasteiger partial charge >= 0.3 is 0 Å². The van der Waals surface area contributed by atoms with E-state index in [0.717, 1.165) is 25.4 Å². The van der Waals surface area contributed by atoms with Crippen molar-refractivity contribution in [2.75, 3.05) is 37.0 Å². The number of hydrogen-bond donors (Lipinski definition) is 1. The van der Waals surface area contributed by atoms with E-state index in [1.165, 1.54) is 22.1 Å². The molecule has 102 valence electrons. The topological polar surface area (TPSA) is 15.3 Å². The summed E-state index contributed by atoms with van der Waals surface area (Å²) in [5, 5.41) is 3.43. The summed E-state index contributed by atoms with van der Waals surface area (Å²) >= 11 is 5.55. The van der Waals surface area contributed by atoms with Gasteiger partial charge in [0.15, 0.2) is 0 Å². The van der Waals surface area contributed by atoms with Crippen LogP contribution in [0, 0.1) is 0 Å². The first-order valence-electron chi connectivity index (χ1n) is 6.38. The van der Waals surface area contributed by atoms with Gasteiger partial charge in [-0.05, 0) is 36.9 Å². The molecule has 0 saturated carbocycles. The first-order valence-corrected chi connectivity index (χ1v) is 8.57. The highest BCUT2D eigenvalue weighted by atomic mass is 79.9. The zero-order valence-corrected chi connectivity index (χ0v) is 13.9. The minimum atomic E-state index is 0.934. The van der Waals surface area contributed by atoms with Gasteiger partial charge in [-0.1, -0.05) is 28.9 Å². The van der Waals surface area contributed by atoms with E-state index in [0.29, 0.717) is 0 Å². The molecule has 0 fully saturated rings. The SMILES string of the molecule is CCCNCc1ccc(N(C)CCSC)cc1Br. The summed E-state index contributed by atoms with van der Waals surface area (Å²) in [6.07, 6.45) is 3.32. The van der Waals surface area contributed by atoms with E-state index in [4.69, 9.17) is 0 Å². The summed E-state index contributed by atoms with van der Waals surface area (Å²) < 4.78 is 1.19. The Morgan fingerprint density at radius 2 is 2.17 bits per heavy atom. The molecule has 0 spiro atoms. The minimum absolute atomic E-state index is 0.934. The van der Waals surface area contributed by atoms with Crippen LogP contribution < -0.4 is 10.2 Å². The fourth-order valence-electron chi connectivity index (χ4n) is 1.67. The summed E-state index contributed by atoms with van der Waals surface area (Å²) in [5.74, 6) is 1.16. The predicted molar refractivity (Wildman–Crippen MR) is 87.8 cm³/mol. The van der Waals surface area contributed by atoms with Crippen LogP contribution in [0.15, 0.2) is 22.7 Å². The van der Waals surface area contributed by atoms with Crippen molar-refractivity contribution >= 4 is 33.4 Å². The van der Waals surface area contributed by atoms with Crippen LogP contribution in [0.4, 0.5) is 5.69 Å². The van der Waals surface area contributed by atoms with Crippen LogP contribution in [0.25, 0.3) is 0 Å². The number of halogens is 1. The van der Waals surface area contributed by atoms with E-state index < -0.39 is 0 Å². The van der Waals surface area contributed by atoms with Gasteiger partial charge in [-0.3, -0.25) is 0 Å². The van der Waals surface area contributed by atoms with Crippen molar-refractivity contribution in [2.24, 2.45) is 0 Å². The first-order chi connectivity index (χ1) is 8.69. The highest BCUT2D eigenvalue weighted by molar-refractivity contribution is 9.10. The molecule has 0 aliphatic rings. The molecule has 0 bridgehead atoms. The molecule has 4 heteroatoms. The number of benzene rings is 1. The van der Waals surface area contributed by atoms with Gasteiger partial charge < -0.3 is 10.2 Å². The molecule has 1 aromatic carbocycles. The Morgan fingerprint density at radius 1 is 1.39 bits per heavy atom. The molecule has 1 rings (SSSR count). The van der Waals surface area contributed by atoms with Crippen molar-refractivity contribution in [2.45, 2.75) is 19.9 Å². The molecule has 0 amide bonds. The molecule has 0 saturated heterocycles. The molecule has 0 aliphatic carbocycles. The molecule has 0 unspecified atom stereocenters. The Kier molecular flexibility index (Phi) is 7.79. The van der Waals surface area contributed by atoms with Gasteiger partial charge in [-0.2, -0.15) is 11.8 Å². The summed E-state index contributed by atoms with van der Waals surface area (Å²) in [6, 6.07) is 6.62. The molecule has 1 N–H and O–H groups in total. The Morgan fingerprint density at radius 3 is 2.78 bits per heavy atom. The molecule has 2 nitrogen and oxygen atoms in total. The van der Waals surface area contributed by atoms with Crippen LogP contribution in [0.5, 0.6) is 0 Å².